The highest BCUT2D eigenvalue weighted by molar-refractivity contribution is 6.16. The second-order valence-electron chi connectivity index (χ2n) is 15.5. The van der Waals surface area contributed by atoms with E-state index in [4.69, 9.17) is 0 Å². The zero-order valence-electron chi connectivity index (χ0n) is 29.8. The number of aromatic nitrogens is 1. The Hall–Kier alpha value is -5.86. The minimum atomic E-state index is -0.217. The van der Waals surface area contributed by atoms with Gasteiger partial charge in [0.2, 0.25) is 0 Å². The van der Waals surface area contributed by atoms with Crippen molar-refractivity contribution in [3.8, 4) is 27.9 Å². The summed E-state index contributed by atoms with van der Waals surface area (Å²) in [5.41, 5.74) is 19.0. The molecule has 0 bridgehead atoms. The quantitative estimate of drug-likeness (QED) is 0.183. The van der Waals surface area contributed by atoms with Crippen molar-refractivity contribution in [1.29, 1.82) is 0 Å². The summed E-state index contributed by atoms with van der Waals surface area (Å²) in [6, 6.07) is 56.3. The highest BCUT2D eigenvalue weighted by atomic mass is 15.1. The first-order chi connectivity index (χ1) is 24.7. The van der Waals surface area contributed by atoms with Gasteiger partial charge in [0.05, 0.1) is 16.7 Å². The van der Waals surface area contributed by atoms with Gasteiger partial charge >= 0.3 is 0 Å². The van der Waals surface area contributed by atoms with Gasteiger partial charge in [-0.3, -0.25) is 0 Å². The maximum Gasteiger partial charge on any atom is 0.0585 e. The molecule has 246 valence electrons. The van der Waals surface area contributed by atoms with Gasteiger partial charge in [-0.2, -0.15) is 0 Å². The first kappa shape index (κ1) is 30.0. The van der Waals surface area contributed by atoms with Crippen molar-refractivity contribution in [3.05, 3.63) is 179 Å². The molecule has 10 rings (SSSR count). The molecule has 1 aliphatic carbocycles. The summed E-state index contributed by atoms with van der Waals surface area (Å²) in [5, 5.41) is 2.73. The molecule has 0 amide bonds. The number of rotatable bonds is 4. The summed E-state index contributed by atoms with van der Waals surface area (Å²) < 4.78 is 2.55. The van der Waals surface area contributed by atoms with E-state index in [9.17, 15) is 0 Å². The number of hydrogen-bond donors (Lipinski definition) is 0. The van der Waals surface area contributed by atoms with Crippen LogP contribution in [-0.4, -0.2) is 4.57 Å². The topological polar surface area (TPSA) is 8.17 Å². The lowest BCUT2D eigenvalue weighted by molar-refractivity contribution is 0.628. The molecule has 0 unspecified atom stereocenters. The summed E-state index contributed by atoms with van der Waals surface area (Å²) in [7, 11) is 0. The molecule has 0 fully saturated rings. The van der Waals surface area contributed by atoms with Crippen LogP contribution >= 0.6 is 0 Å². The van der Waals surface area contributed by atoms with E-state index in [1.54, 1.807) is 0 Å². The Morgan fingerprint density at radius 2 is 1.12 bits per heavy atom. The van der Waals surface area contributed by atoms with Crippen molar-refractivity contribution in [3.63, 3.8) is 0 Å². The lowest BCUT2D eigenvalue weighted by Crippen LogP contribution is -2.27. The number of nitrogens with zero attached hydrogens (tertiary/aromatic N) is 2. The molecule has 1 aliphatic heterocycles. The standard InChI is InChI=1S/C49H40N2/c1-31-19-23-34(24-20-31)50(35-25-21-33(22-26-35)32-13-7-6-8-14-32)36-27-28-37-39-30-42-47-45(46(39)49(4,5)41(37)29-36)38-15-9-11-17-43(38)51(47)44-18-12-10-16-40(44)48(42,2)3/h6-30H,1-5H3. The summed E-state index contributed by atoms with van der Waals surface area (Å²) in [6.45, 7) is 11.8. The number of benzene rings is 7. The Labute approximate surface area is 300 Å². The molecule has 2 heteroatoms. The van der Waals surface area contributed by atoms with Gasteiger partial charge in [-0.05, 0) is 106 Å². The van der Waals surface area contributed by atoms with Crippen LogP contribution < -0.4 is 4.90 Å². The third kappa shape index (κ3) is 4.17. The van der Waals surface area contributed by atoms with Gasteiger partial charge in [0, 0.05) is 38.7 Å². The number of fused-ring (bicyclic) bond motifs is 9. The first-order valence-corrected chi connectivity index (χ1v) is 18.1. The van der Waals surface area contributed by atoms with Crippen LogP contribution in [-0.2, 0) is 10.8 Å². The average molecular weight is 657 g/mol. The number of para-hydroxylation sites is 2. The van der Waals surface area contributed by atoms with E-state index in [0.717, 1.165) is 11.4 Å². The van der Waals surface area contributed by atoms with Crippen LogP contribution in [0.25, 0.3) is 49.7 Å². The lowest BCUT2D eigenvalue weighted by atomic mass is 9.72. The molecule has 2 nitrogen and oxygen atoms in total. The third-order valence-electron chi connectivity index (χ3n) is 11.8. The van der Waals surface area contributed by atoms with Gasteiger partial charge in [0.1, 0.15) is 0 Å². The van der Waals surface area contributed by atoms with Crippen LogP contribution in [0.3, 0.4) is 0 Å². The fourth-order valence-corrected chi connectivity index (χ4v) is 9.23. The van der Waals surface area contributed by atoms with Crippen molar-refractivity contribution in [2.45, 2.75) is 45.4 Å². The van der Waals surface area contributed by atoms with Gasteiger partial charge in [-0.25, -0.2) is 0 Å². The van der Waals surface area contributed by atoms with Crippen molar-refractivity contribution in [2.24, 2.45) is 0 Å². The molecular formula is C49H40N2. The molecule has 51 heavy (non-hydrogen) atoms. The normalized spacial score (nSPS) is 14.7. The van der Waals surface area contributed by atoms with Gasteiger partial charge in [0.15, 0.2) is 0 Å². The Morgan fingerprint density at radius 1 is 0.490 bits per heavy atom. The van der Waals surface area contributed by atoms with Crippen LogP contribution in [0, 0.1) is 6.92 Å². The molecule has 1 aromatic heterocycles. The Balaban J connectivity index is 1.19. The second-order valence-corrected chi connectivity index (χ2v) is 15.5. The maximum absolute atomic E-state index is 2.55. The van der Waals surface area contributed by atoms with E-state index in [2.05, 4.69) is 196 Å². The number of hydrogen-bond acceptors (Lipinski definition) is 1. The zero-order valence-corrected chi connectivity index (χ0v) is 29.8. The molecule has 2 aliphatic rings. The van der Waals surface area contributed by atoms with Crippen LogP contribution in [0.2, 0.25) is 0 Å². The van der Waals surface area contributed by atoms with Crippen LogP contribution in [0.15, 0.2) is 152 Å². The van der Waals surface area contributed by atoms with Gasteiger partial charge in [-0.15, -0.1) is 0 Å². The highest BCUT2D eigenvalue weighted by Crippen LogP contribution is 2.58. The summed E-state index contributed by atoms with van der Waals surface area (Å²) in [6.07, 6.45) is 0. The van der Waals surface area contributed by atoms with Gasteiger partial charge < -0.3 is 9.47 Å². The van der Waals surface area contributed by atoms with Crippen LogP contribution in [0.1, 0.15) is 55.5 Å². The monoisotopic (exact) mass is 656 g/mol. The molecular weight excluding hydrogens is 617 g/mol. The minimum absolute atomic E-state index is 0.144. The highest BCUT2D eigenvalue weighted by Gasteiger charge is 2.43. The molecule has 0 saturated carbocycles. The van der Waals surface area contributed by atoms with Crippen molar-refractivity contribution in [1.82, 2.24) is 4.57 Å². The zero-order chi connectivity index (χ0) is 34.6. The molecule has 0 N–H and O–H groups in total. The van der Waals surface area contributed by atoms with Crippen molar-refractivity contribution >= 4 is 38.9 Å². The maximum atomic E-state index is 2.55. The predicted octanol–water partition coefficient (Wildman–Crippen LogP) is 13.2. The molecule has 0 spiro atoms. The Bertz CT molecular complexity index is 2670. The lowest BCUT2D eigenvalue weighted by Gasteiger charge is -2.35. The van der Waals surface area contributed by atoms with E-state index in [0.29, 0.717) is 0 Å². The average Bonchev–Trinajstić information content (AvgIpc) is 3.61. The molecule has 7 aromatic carbocycles. The summed E-state index contributed by atoms with van der Waals surface area (Å²) in [4.78, 5) is 2.41. The Kier molecular flexibility index (Phi) is 6.22. The minimum Gasteiger partial charge on any atom is -0.310 e. The molecule has 8 aromatic rings. The van der Waals surface area contributed by atoms with Crippen LogP contribution in [0.4, 0.5) is 17.1 Å². The van der Waals surface area contributed by atoms with E-state index >= 15 is 0 Å². The molecule has 0 radical (unpaired) electrons. The fourth-order valence-electron chi connectivity index (χ4n) is 9.23. The number of anilines is 3. The second kappa shape index (κ2) is 10.6. The summed E-state index contributed by atoms with van der Waals surface area (Å²) >= 11 is 0. The Morgan fingerprint density at radius 3 is 1.88 bits per heavy atom. The van der Waals surface area contributed by atoms with Crippen LogP contribution in [0.5, 0.6) is 0 Å². The van der Waals surface area contributed by atoms with E-state index in [1.807, 2.05) is 0 Å². The van der Waals surface area contributed by atoms with E-state index in [1.165, 1.54) is 83.3 Å². The smallest absolute Gasteiger partial charge is 0.0585 e. The van der Waals surface area contributed by atoms with Gasteiger partial charge in [-0.1, -0.05) is 130 Å². The third-order valence-corrected chi connectivity index (χ3v) is 11.8. The largest absolute Gasteiger partial charge is 0.310 e. The molecule has 0 saturated heterocycles. The van der Waals surface area contributed by atoms with Crippen molar-refractivity contribution in [2.75, 3.05) is 4.90 Å². The number of aryl methyl sites for hydroxylation is 1. The SMILES string of the molecule is Cc1ccc(N(c2ccc(-c3ccccc3)cc2)c2ccc3c(c2)C(C)(C)c2c-3cc3c4c2c2ccccc2n4-c2ccccc2C3(C)C)cc1. The van der Waals surface area contributed by atoms with Gasteiger partial charge in [0.25, 0.3) is 0 Å². The summed E-state index contributed by atoms with van der Waals surface area (Å²) in [5.74, 6) is 0. The molecule has 0 atom stereocenters. The van der Waals surface area contributed by atoms with E-state index in [-0.39, 0.29) is 10.8 Å². The predicted molar refractivity (Wildman–Crippen MR) is 215 cm³/mol. The molecule has 2 heterocycles. The first-order valence-electron chi connectivity index (χ1n) is 18.1. The van der Waals surface area contributed by atoms with E-state index < -0.39 is 0 Å². The van der Waals surface area contributed by atoms with Crippen molar-refractivity contribution < 1.29 is 0 Å². The fraction of sp³-hybridized carbons (Fsp3) is 0.143.